The number of aliphatic hydroxyl groups excluding tert-OH is 1. The van der Waals surface area contributed by atoms with Gasteiger partial charge >= 0.3 is 6.09 Å². The smallest absolute Gasteiger partial charge is 0.410 e. The van der Waals surface area contributed by atoms with Crippen molar-refractivity contribution in [1.82, 2.24) is 4.90 Å². The van der Waals surface area contributed by atoms with Crippen LogP contribution in [-0.2, 0) is 4.74 Å². The molecule has 0 spiro atoms. The van der Waals surface area contributed by atoms with E-state index in [-0.39, 0.29) is 17.9 Å². The Hall–Kier alpha value is -0.810. The molecule has 106 valence electrons. The first kappa shape index (κ1) is 15.2. The number of amides is 1. The zero-order valence-corrected chi connectivity index (χ0v) is 11.7. The fraction of sp³-hybridized carbons (Fsp3) is 0.923. The van der Waals surface area contributed by atoms with E-state index in [9.17, 15) is 4.79 Å². The van der Waals surface area contributed by atoms with Gasteiger partial charge in [0.05, 0.1) is 0 Å². The summed E-state index contributed by atoms with van der Waals surface area (Å²) in [6.45, 7) is 8.62. The lowest BCUT2D eigenvalue weighted by molar-refractivity contribution is -0.100. The maximum atomic E-state index is 11.8. The molecule has 0 bridgehead atoms. The molecule has 1 fully saturated rings. The predicted octanol–water partition coefficient (Wildman–Crippen LogP) is 1.58. The standard InChI is InChI=1S/C13H25NO4/c1-9(11(15)16)10-5-7-14(8-6-10)12(17)18-13(2,3)4/h9-11,15-16H,5-8H2,1-4H3. The minimum Gasteiger partial charge on any atom is -0.444 e. The second-order valence-electron chi connectivity index (χ2n) is 6.08. The molecule has 0 aromatic rings. The topological polar surface area (TPSA) is 70.0 Å². The number of ether oxygens (including phenoxy) is 1. The first-order valence-electron chi connectivity index (χ1n) is 6.55. The Labute approximate surface area is 109 Å². The molecule has 1 unspecified atom stereocenters. The number of rotatable bonds is 2. The van der Waals surface area contributed by atoms with Gasteiger partial charge in [-0.3, -0.25) is 0 Å². The summed E-state index contributed by atoms with van der Waals surface area (Å²) in [7, 11) is 0. The first-order valence-corrected chi connectivity index (χ1v) is 6.55. The van der Waals surface area contributed by atoms with Crippen LogP contribution in [-0.4, -0.2) is 46.2 Å². The van der Waals surface area contributed by atoms with E-state index in [2.05, 4.69) is 0 Å². The molecular formula is C13H25NO4. The van der Waals surface area contributed by atoms with E-state index >= 15 is 0 Å². The highest BCUT2D eigenvalue weighted by Gasteiger charge is 2.30. The highest BCUT2D eigenvalue weighted by Crippen LogP contribution is 2.27. The van der Waals surface area contributed by atoms with Gasteiger partial charge < -0.3 is 19.8 Å². The molecule has 1 amide bonds. The zero-order chi connectivity index (χ0) is 13.9. The van der Waals surface area contributed by atoms with E-state index in [0.717, 1.165) is 12.8 Å². The van der Waals surface area contributed by atoms with Crippen molar-refractivity contribution < 1.29 is 19.7 Å². The summed E-state index contributed by atoms with van der Waals surface area (Å²) >= 11 is 0. The largest absolute Gasteiger partial charge is 0.444 e. The Bertz CT molecular complexity index is 277. The molecule has 1 atom stereocenters. The Morgan fingerprint density at radius 3 is 2.17 bits per heavy atom. The van der Waals surface area contributed by atoms with Gasteiger partial charge in [0.2, 0.25) is 0 Å². The molecule has 0 saturated carbocycles. The molecule has 0 aromatic heterocycles. The van der Waals surface area contributed by atoms with E-state index in [1.54, 1.807) is 4.90 Å². The lowest BCUT2D eigenvalue weighted by atomic mass is 9.85. The van der Waals surface area contributed by atoms with Crippen LogP contribution in [0.1, 0.15) is 40.5 Å². The lowest BCUT2D eigenvalue weighted by Crippen LogP contribution is -2.43. The molecule has 1 heterocycles. The van der Waals surface area contributed by atoms with E-state index in [1.165, 1.54) is 0 Å². The molecular weight excluding hydrogens is 234 g/mol. The van der Waals surface area contributed by atoms with Crippen molar-refractivity contribution in [3.63, 3.8) is 0 Å². The number of hydrogen-bond acceptors (Lipinski definition) is 4. The molecule has 0 aromatic carbocycles. The fourth-order valence-electron chi connectivity index (χ4n) is 2.18. The van der Waals surface area contributed by atoms with Gasteiger partial charge in [-0.2, -0.15) is 0 Å². The monoisotopic (exact) mass is 259 g/mol. The van der Waals surface area contributed by atoms with Crippen molar-refractivity contribution in [3.05, 3.63) is 0 Å². The van der Waals surface area contributed by atoms with Crippen LogP contribution in [0.5, 0.6) is 0 Å². The normalized spacial score (nSPS) is 20.1. The van der Waals surface area contributed by atoms with Gasteiger partial charge in [-0.1, -0.05) is 6.92 Å². The van der Waals surface area contributed by atoms with Crippen molar-refractivity contribution in [3.8, 4) is 0 Å². The number of piperidine rings is 1. The van der Waals surface area contributed by atoms with Crippen LogP contribution in [0.3, 0.4) is 0 Å². The summed E-state index contributed by atoms with van der Waals surface area (Å²) < 4.78 is 5.31. The Morgan fingerprint density at radius 1 is 1.28 bits per heavy atom. The average Bonchev–Trinajstić information content (AvgIpc) is 2.26. The first-order chi connectivity index (χ1) is 8.20. The van der Waals surface area contributed by atoms with Crippen LogP contribution in [0.25, 0.3) is 0 Å². The molecule has 5 nitrogen and oxygen atoms in total. The summed E-state index contributed by atoms with van der Waals surface area (Å²) in [5.41, 5.74) is -0.470. The number of carbonyl (C=O) groups excluding carboxylic acids is 1. The number of carbonyl (C=O) groups is 1. The molecule has 5 heteroatoms. The quantitative estimate of drug-likeness (QED) is 0.739. The van der Waals surface area contributed by atoms with Crippen molar-refractivity contribution in [1.29, 1.82) is 0 Å². The van der Waals surface area contributed by atoms with Crippen molar-refractivity contribution in [2.24, 2.45) is 11.8 Å². The van der Waals surface area contributed by atoms with Crippen LogP contribution in [0, 0.1) is 11.8 Å². The van der Waals surface area contributed by atoms with Crippen LogP contribution in [0.2, 0.25) is 0 Å². The summed E-state index contributed by atoms with van der Waals surface area (Å²) in [4.78, 5) is 13.5. The molecule has 0 aliphatic carbocycles. The molecule has 1 aliphatic heterocycles. The molecule has 18 heavy (non-hydrogen) atoms. The summed E-state index contributed by atoms with van der Waals surface area (Å²) in [5.74, 6) is 0.106. The molecule has 1 rings (SSSR count). The molecule has 0 radical (unpaired) electrons. The van der Waals surface area contributed by atoms with Crippen LogP contribution >= 0.6 is 0 Å². The highest BCUT2D eigenvalue weighted by atomic mass is 16.6. The van der Waals surface area contributed by atoms with Crippen molar-refractivity contribution in [2.75, 3.05) is 13.1 Å². The highest BCUT2D eigenvalue weighted by molar-refractivity contribution is 5.68. The third-order valence-corrected chi connectivity index (χ3v) is 3.41. The molecule has 2 N–H and O–H groups in total. The van der Waals surface area contributed by atoms with Crippen LogP contribution in [0.4, 0.5) is 4.79 Å². The van der Waals surface area contributed by atoms with E-state index < -0.39 is 11.9 Å². The Kier molecular flexibility index (Phi) is 4.99. The van der Waals surface area contributed by atoms with Gasteiger partial charge in [0.1, 0.15) is 5.60 Å². The number of likely N-dealkylation sites (tertiary alicyclic amines) is 1. The van der Waals surface area contributed by atoms with Crippen molar-refractivity contribution >= 4 is 6.09 Å². The average molecular weight is 259 g/mol. The van der Waals surface area contributed by atoms with Gasteiger partial charge in [-0.05, 0) is 39.5 Å². The van der Waals surface area contributed by atoms with Gasteiger partial charge in [-0.15, -0.1) is 0 Å². The van der Waals surface area contributed by atoms with Crippen molar-refractivity contribution in [2.45, 2.75) is 52.4 Å². The maximum Gasteiger partial charge on any atom is 0.410 e. The maximum absolute atomic E-state index is 11.8. The van der Waals surface area contributed by atoms with Gasteiger partial charge in [0.15, 0.2) is 6.29 Å². The van der Waals surface area contributed by atoms with Gasteiger partial charge in [0, 0.05) is 19.0 Å². The minimum absolute atomic E-state index is 0.147. The second kappa shape index (κ2) is 5.89. The molecule has 1 saturated heterocycles. The summed E-state index contributed by atoms with van der Waals surface area (Å²) in [6, 6.07) is 0. The van der Waals surface area contributed by atoms with Crippen LogP contribution < -0.4 is 0 Å². The zero-order valence-electron chi connectivity index (χ0n) is 11.7. The van der Waals surface area contributed by atoms with E-state index in [4.69, 9.17) is 14.9 Å². The van der Waals surface area contributed by atoms with E-state index in [1.807, 2.05) is 27.7 Å². The van der Waals surface area contributed by atoms with Gasteiger partial charge in [-0.25, -0.2) is 4.79 Å². The summed E-state index contributed by atoms with van der Waals surface area (Å²) in [6.07, 6.45) is 0.0250. The number of nitrogens with zero attached hydrogens (tertiary/aromatic N) is 1. The fourth-order valence-corrected chi connectivity index (χ4v) is 2.18. The SMILES string of the molecule is CC(C(O)O)C1CCN(C(=O)OC(C)(C)C)CC1. The second-order valence-corrected chi connectivity index (χ2v) is 6.08. The van der Waals surface area contributed by atoms with Crippen LogP contribution in [0.15, 0.2) is 0 Å². The number of aliphatic hydroxyl groups is 2. The number of hydrogen-bond donors (Lipinski definition) is 2. The lowest BCUT2D eigenvalue weighted by Gasteiger charge is -2.36. The Morgan fingerprint density at radius 2 is 1.78 bits per heavy atom. The minimum atomic E-state index is -1.27. The molecule has 1 aliphatic rings. The predicted molar refractivity (Wildman–Crippen MR) is 67.9 cm³/mol. The van der Waals surface area contributed by atoms with Gasteiger partial charge in [0.25, 0.3) is 0 Å². The summed E-state index contributed by atoms with van der Waals surface area (Å²) in [5, 5.41) is 18.3. The van der Waals surface area contributed by atoms with E-state index in [0.29, 0.717) is 13.1 Å². The third-order valence-electron chi connectivity index (χ3n) is 3.41. The third kappa shape index (κ3) is 4.46. The Balaban J connectivity index is 2.42.